The van der Waals surface area contributed by atoms with Crippen molar-refractivity contribution in [3.8, 4) is 0 Å². The maximum absolute atomic E-state index is 13.0. The van der Waals surface area contributed by atoms with Gasteiger partial charge in [0, 0.05) is 30.4 Å². The fourth-order valence-electron chi connectivity index (χ4n) is 3.37. The standard InChI is InChI=1S/C22H30N2O/c1-17(2)18(3)24(22(25)20-11-7-12-20)16-21-13-8-14-23(21)15-19-9-5-4-6-10-19/h4-6,8-10,13-14,17-18,20H,7,11-12,15-16H2,1-3H3. The summed E-state index contributed by atoms with van der Waals surface area (Å²) in [5, 5.41) is 0. The van der Waals surface area contributed by atoms with Crippen molar-refractivity contribution in [2.24, 2.45) is 11.8 Å². The molecule has 1 aromatic heterocycles. The molecule has 3 rings (SSSR count). The Morgan fingerprint density at radius 3 is 2.44 bits per heavy atom. The molecular formula is C22H30N2O. The van der Waals surface area contributed by atoms with Gasteiger partial charge in [-0.2, -0.15) is 0 Å². The fourth-order valence-corrected chi connectivity index (χ4v) is 3.37. The summed E-state index contributed by atoms with van der Waals surface area (Å²) in [6, 6.07) is 15.0. The Bertz CT molecular complexity index is 685. The molecule has 2 aromatic rings. The number of hydrogen-bond acceptors (Lipinski definition) is 1. The Morgan fingerprint density at radius 2 is 1.84 bits per heavy atom. The highest BCUT2D eigenvalue weighted by atomic mass is 16.2. The van der Waals surface area contributed by atoms with Gasteiger partial charge in [0.05, 0.1) is 6.54 Å². The molecule has 1 aromatic carbocycles. The van der Waals surface area contributed by atoms with E-state index in [4.69, 9.17) is 0 Å². The number of hydrogen-bond donors (Lipinski definition) is 0. The van der Waals surface area contributed by atoms with E-state index < -0.39 is 0 Å². The fraction of sp³-hybridized carbons (Fsp3) is 0.500. The lowest BCUT2D eigenvalue weighted by Crippen LogP contribution is -2.45. The number of carbonyl (C=O) groups is 1. The molecule has 1 unspecified atom stereocenters. The average molecular weight is 338 g/mol. The van der Waals surface area contributed by atoms with E-state index in [1.54, 1.807) is 0 Å². The quantitative estimate of drug-likeness (QED) is 0.718. The highest BCUT2D eigenvalue weighted by molar-refractivity contribution is 5.79. The first-order valence-corrected chi connectivity index (χ1v) is 9.54. The molecule has 1 heterocycles. The zero-order valence-corrected chi connectivity index (χ0v) is 15.7. The van der Waals surface area contributed by atoms with E-state index in [9.17, 15) is 4.79 Å². The van der Waals surface area contributed by atoms with Crippen LogP contribution in [-0.2, 0) is 17.9 Å². The topological polar surface area (TPSA) is 25.2 Å². The van der Waals surface area contributed by atoms with Gasteiger partial charge in [-0.05, 0) is 43.4 Å². The first-order chi connectivity index (χ1) is 12.1. The molecule has 3 nitrogen and oxygen atoms in total. The maximum atomic E-state index is 13.0. The van der Waals surface area contributed by atoms with Crippen LogP contribution >= 0.6 is 0 Å². The summed E-state index contributed by atoms with van der Waals surface area (Å²) in [5.41, 5.74) is 2.50. The third-order valence-electron chi connectivity index (χ3n) is 5.65. The summed E-state index contributed by atoms with van der Waals surface area (Å²) in [4.78, 5) is 15.1. The second-order valence-electron chi connectivity index (χ2n) is 7.69. The summed E-state index contributed by atoms with van der Waals surface area (Å²) in [7, 11) is 0. The van der Waals surface area contributed by atoms with Gasteiger partial charge >= 0.3 is 0 Å². The minimum Gasteiger partial charge on any atom is -0.345 e. The van der Waals surface area contributed by atoms with Crippen molar-refractivity contribution in [1.82, 2.24) is 9.47 Å². The van der Waals surface area contributed by atoms with Gasteiger partial charge in [-0.15, -0.1) is 0 Å². The zero-order valence-electron chi connectivity index (χ0n) is 15.7. The van der Waals surface area contributed by atoms with Gasteiger partial charge in [-0.25, -0.2) is 0 Å². The lowest BCUT2D eigenvalue weighted by Gasteiger charge is -2.37. The third-order valence-corrected chi connectivity index (χ3v) is 5.65. The third kappa shape index (κ3) is 4.15. The molecule has 1 aliphatic carbocycles. The summed E-state index contributed by atoms with van der Waals surface area (Å²) < 4.78 is 2.27. The second-order valence-corrected chi connectivity index (χ2v) is 7.69. The predicted molar refractivity (Wildman–Crippen MR) is 102 cm³/mol. The molecular weight excluding hydrogens is 308 g/mol. The molecule has 1 saturated carbocycles. The van der Waals surface area contributed by atoms with Crippen LogP contribution in [0.3, 0.4) is 0 Å². The summed E-state index contributed by atoms with van der Waals surface area (Å²) in [6.07, 6.45) is 5.44. The largest absolute Gasteiger partial charge is 0.345 e. The van der Waals surface area contributed by atoms with Gasteiger partial charge in [0.1, 0.15) is 0 Å². The van der Waals surface area contributed by atoms with Crippen LogP contribution in [0.1, 0.15) is 51.3 Å². The SMILES string of the molecule is CC(C)C(C)N(Cc1cccn1Cc1ccccc1)C(=O)C1CCC1. The van der Waals surface area contributed by atoms with Crippen LogP contribution in [0.2, 0.25) is 0 Å². The van der Waals surface area contributed by atoms with E-state index in [0.717, 1.165) is 19.4 Å². The van der Waals surface area contributed by atoms with E-state index in [0.29, 0.717) is 18.4 Å². The molecule has 134 valence electrons. The Labute approximate surface area is 151 Å². The van der Waals surface area contributed by atoms with E-state index in [-0.39, 0.29) is 12.0 Å². The Kier molecular flexibility index (Phi) is 5.62. The highest BCUT2D eigenvalue weighted by Gasteiger charge is 2.32. The molecule has 0 saturated heterocycles. The number of nitrogens with zero attached hydrogens (tertiary/aromatic N) is 2. The van der Waals surface area contributed by atoms with Crippen molar-refractivity contribution in [3.05, 3.63) is 59.9 Å². The van der Waals surface area contributed by atoms with Gasteiger partial charge in [-0.3, -0.25) is 4.79 Å². The van der Waals surface area contributed by atoms with Crippen molar-refractivity contribution in [2.75, 3.05) is 0 Å². The van der Waals surface area contributed by atoms with E-state index in [2.05, 4.69) is 72.8 Å². The lowest BCUT2D eigenvalue weighted by molar-refractivity contribution is -0.142. The number of amides is 1. The summed E-state index contributed by atoms with van der Waals surface area (Å²) in [6.45, 7) is 8.15. The lowest BCUT2D eigenvalue weighted by atomic mass is 9.83. The van der Waals surface area contributed by atoms with Gasteiger partial charge in [-0.1, -0.05) is 50.6 Å². The predicted octanol–water partition coefficient (Wildman–Crippen LogP) is 4.71. The van der Waals surface area contributed by atoms with Gasteiger partial charge < -0.3 is 9.47 Å². The minimum absolute atomic E-state index is 0.249. The molecule has 1 amide bonds. The van der Waals surface area contributed by atoms with Crippen LogP contribution in [0, 0.1) is 11.8 Å². The maximum Gasteiger partial charge on any atom is 0.226 e. The monoisotopic (exact) mass is 338 g/mol. The Morgan fingerprint density at radius 1 is 1.12 bits per heavy atom. The van der Waals surface area contributed by atoms with E-state index in [1.165, 1.54) is 17.7 Å². The van der Waals surface area contributed by atoms with E-state index >= 15 is 0 Å². The van der Waals surface area contributed by atoms with Crippen molar-refractivity contribution in [3.63, 3.8) is 0 Å². The summed E-state index contributed by atoms with van der Waals surface area (Å²) >= 11 is 0. The first kappa shape index (κ1) is 17.8. The molecule has 0 bridgehead atoms. The van der Waals surface area contributed by atoms with Gasteiger partial charge in [0.25, 0.3) is 0 Å². The van der Waals surface area contributed by atoms with Crippen LogP contribution in [0.4, 0.5) is 0 Å². The Hall–Kier alpha value is -2.03. The van der Waals surface area contributed by atoms with Gasteiger partial charge in [0.2, 0.25) is 5.91 Å². The van der Waals surface area contributed by atoms with Crippen molar-refractivity contribution in [1.29, 1.82) is 0 Å². The van der Waals surface area contributed by atoms with Crippen molar-refractivity contribution >= 4 is 5.91 Å². The molecule has 25 heavy (non-hydrogen) atoms. The molecule has 0 N–H and O–H groups in total. The number of aromatic nitrogens is 1. The molecule has 1 aliphatic rings. The van der Waals surface area contributed by atoms with Crippen LogP contribution in [0.15, 0.2) is 48.7 Å². The van der Waals surface area contributed by atoms with E-state index in [1.807, 2.05) is 6.07 Å². The molecule has 3 heteroatoms. The van der Waals surface area contributed by atoms with Crippen LogP contribution in [0.5, 0.6) is 0 Å². The molecule has 1 fully saturated rings. The van der Waals surface area contributed by atoms with Crippen molar-refractivity contribution < 1.29 is 4.79 Å². The second kappa shape index (κ2) is 7.90. The molecule has 0 radical (unpaired) electrons. The Balaban J connectivity index is 1.77. The van der Waals surface area contributed by atoms with Crippen LogP contribution < -0.4 is 0 Å². The van der Waals surface area contributed by atoms with Crippen LogP contribution in [-0.4, -0.2) is 21.4 Å². The zero-order chi connectivity index (χ0) is 17.8. The normalized spacial score (nSPS) is 15.8. The molecule has 0 spiro atoms. The molecule has 0 aliphatic heterocycles. The summed E-state index contributed by atoms with van der Waals surface area (Å²) in [5.74, 6) is 1.06. The molecule has 1 atom stereocenters. The van der Waals surface area contributed by atoms with Gasteiger partial charge in [0.15, 0.2) is 0 Å². The number of carbonyl (C=O) groups excluding carboxylic acids is 1. The average Bonchev–Trinajstić information content (AvgIpc) is 2.98. The minimum atomic E-state index is 0.249. The number of benzene rings is 1. The smallest absolute Gasteiger partial charge is 0.226 e. The van der Waals surface area contributed by atoms with Crippen LogP contribution in [0.25, 0.3) is 0 Å². The van der Waals surface area contributed by atoms with Crippen molar-refractivity contribution in [2.45, 2.75) is 59.2 Å². The number of rotatable bonds is 7. The highest BCUT2D eigenvalue weighted by Crippen LogP contribution is 2.30. The first-order valence-electron chi connectivity index (χ1n) is 9.54.